The molecule has 0 radical (unpaired) electrons. The summed E-state index contributed by atoms with van der Waals surface area (Å²) < 4.78 is 2.28. The first-order chi connectivity index (χ1) is 6.02. The molecule has 0 aliphatic carbocycles. The largest absolute Gasteiger partial charge is 0.391 e. The minimum Gasteiger partial charge on any atom is -0.353 e. The normalized spacial score (nSPS) is 11.2. The van der Waals surface area contributed by atoms with Gasteiger partial charge in [-0.3, -0.25) is 0 Å². The maximum absolute atomic E-state index is 5.61. The van der Waals surface area contributed by atoms with Crippen LogP contribution in [0.25, 0.3) is 0 Å². The fourth-order valence-electron chi connectivity index (χ4n) is 1.35. The molecule has 1 heterocycles. The van der Waals surface area contributed by atoms with Crippen LogP contribution in [-0.4, -0.2) is 17.1 Å². The average Bonchev–Trinajstić information content (AvgIpc) is 2.34. The van der Waals surface area contributed by atoms with Gasteiger partial charge < -0.3 is 5.73 Å². The Bertz CT molecular complexity index is 325. The van der Waals surface area contributed by atoms with Crippen molar-refractivity contribution in [3.05, 3.63) is 4.80 Å². The van der Waals surface area contributed by atoms with Gasteiger partial charge in [0.2, 0.25) is 0 Å². The van der Waals surface area contributed by atoms with Crippen molar-refractivity contribution in [2.45, 2.75) is 39.8 Å². The first-order valence-electron chi connectivity index (χ1n) is 4.36. The van der Waals surface area contributed by atoms with Gasteiger partial charge in [-0.25, -0.2) is 4.58 Å². The smallest absolute Gasteiger partial charge is 0.353 e. The molecule has 3 nitrogen and oxygen atoms in total. The Kier molecular flexibility index (Phi) is 3.44. The zero-order valence-electron chi connectivity index (χ0n) is 8.44. The van der Waals surface area contributed by atoms with Gasteiger partial charge in [0.1, 0.15) is 0 Å². The van der Waals surface area contributed by atoms with E-state index < -0.39 is 0 Å². The molecule has 1 rings (SSSR count). The van der Waals surface area contributed by atoms with Crippen molar-refractivity contribution in [3.63, 3.8) is 0 Å². The second-order valence-electron chi connectivity index (χ2n) is 3.49. The topological polar surface area (TPSA) is 41.9 Å². The fourth-order valence-corrected chi connectivity index (χ4v) is 3.30. The zero-order valence-corrected chi connectivity index (χ0v) is 10.1. The van der Waals surface area contributed by atoms with Crippen LogP contribution in [0.15, 0.2) is 0 Å². The Morgan fingerprint density at radius 2 is 1.69 bits per heavy atom. The lowest BCUT2D eigenvalue weighted by Gasteiger charge is -2.12. The highest BCUT2D eigenvalue weighted by Gasteiger charge is 2.15. The van der Waals surface area contributed by atoms with Gasteiger partial charge in [-0.05, 0) is 38.0 Å². The number of hydrogen-bond acceptors (Lipinski definition) is 4. The van der Waals surface area contributed by atoms with E-state index in [4.69, 9.17) is 5.73 Å². The highest BCUT2D eigenvalue weighted by molar-refractivity contribution is 7.69. The summed E-state index contributed by atoms with van der Waals surface area (Å²) in [6.45, 7) is 8.68. The Morgan fingerprint density at radius 1 is 1.15 bits per heavy atom. The summed E-state index contributed by atoms with van der Waals surface area (Å²) in [5, 5.41) is 0.659. The van der Waals surface area contributed by atoms with Crippen LogP contribution in [0.2, 0.25) is 0 Å². The molecule has 0 aliphatic rings. The monoisotopic (exact) mass is 218 g/mol. The number of anilines is 1. The third-order valence-electron chi connectivity index (χ3n) is 1.74. The maximum atomic E-state index is 5.61. The predicted octanol–water partition coefficient (Wildman–Crippen LogP) is 1.38. The quantitative estimate of drug-likeness (QED) is 0.602. The molecule has 0 fully saturated rings. The van der Waals surface area contributed by atoms with Crippen LogP contribution in [0, 0.1) is 0 Å². The fraction of sp³-hybridized carbons (Fsp3) is 0.750. The summed E-state index contributed by atoms with van der Waals surface area (Å²) in [6.07, 6.45) is 0. The predicted molar refractivity (Wildman–Crippen MR) is 59.9 cm³/mol. The number of nitrogens with zero attached hydrogens (tertiary/aromatic N) is 2. The van der Waals surface area contributed by atoms with Gasteiger partial charge in [0.25, 0.3) is 0 Å². The third kappa shape index (κ3) is 2.51. The number of nitrogen functional groups attached to an aromatic ring is 1. The second-order valence-corrected chi connectivity index (χ2v) is 5.61. The molecule has 0 spiro atoms. The summed E-state index contributed by atoms with van der Waals surface area (Å²) in [4.78, 5) is 5.33. The maximum Gasteiger partial charge on any atom is 0.391 e. The van der Waals surface area contributed by atoms with Gasteiger partial charge >= 0.3 is 9.93 Å². The number of rotatable bonds is 2. The standard InChI is InChI=1S/C8H15N3S2/c1-5(2)11(6(3)4)8-10-7(9)12-13-8/h5-6,9H,1-4H3/p+1. The lowest BCUT2D eigenvalue weighted by molar-refractivity contribution is 0.423. The molecule has 0 saturated heterocycles. The van der Waals surface area contributed by atoms with E-state index in [-0.39, 0.29) is 0 Å². The molecule has 5 heteroatoms. The van der Waals surface area contributed by atoms with Gasteiger partial charge in [-0.2, -0.15) is 0 Å². The number of hydrogen-bond donors (Lipinski definition) is 1. The van der Waals surface area contributed by atoms with E-state index in [1.165, 1.54) is 10.3 Å². The van der Waals surface area contributed by atoms with E-state index in [2.05, 4.69) is 37.3 Å². The number of nitrogens with two attached hydrogens (primary N) is 1. The highest BCUT2D eigenvalue weighted by atomic mass is 32.9. The summed E-state index contributed by atoms with van der Waals surface area (Å²) in [6, 6.07) is 0.940. The molecular weight excluding hydrogens is 202 g/mol. The van der Waals surface area contributed by atoms with Crippen LogP contribution in [0.5, 0.6) is 0 Å². The Labute approximate surface area is 86.0 Å². The molecule has 1 aromatic heterocycles. The van der Waals surface area contributed by atoms with Crippen molar-refractivity contribution in [2.24, 2.45) is 0 Å². The molecule has 0 unspecified atom stereocenters. The highest BCUT2D eigenvalue weighted by Crippen LogP contribution is 2.07. The molecule has 1 aromatic rings. The van der Waals surface area contributed by atoms with E-state index in [0.717, 1.165) is 4.80 Å². The molecule has 0 aromatic carbocycles. The van der Waals surface area contributed by atoms with Gasteiger partial charge in [-0.1, -0.05) is 0 Å². The summed E-state index contributed by atoms with van der Waals surface area (Å²) in [7, 11) is 3.18. The van der Waals surface area contributed by atoms with Crippen molar-refractivity contribution in [3.8, 4) is 0 Å². The van der Waals surface area contributed by atoms with E-state index in [9.17, 15) is 0 Å². The minimum absolute atomic E-state index is 0.470. The zero-order chi connectivity index (χ0) is 10.0. The van der Waals surface area contributed by atoms with E-state index >= 15 is 0 Å². The van der Waals surface area contributed by atoms with Gasteiger partial charge in [0.15, 0.2) is 0 Å². The van der Waals surface area contributed by atoms with Gasteiger partial charge in [-0.15, -0.1) is 0 Å². The van der Waals surface area contributed by atoms with Crippen LogP contribution in [-0.2, 0) is 0 Å². The Balaban J connectivity index is 3.26. The van der Waals surface area contributed by atoms with Crippen LogP contribution < -0.4 is 15.1 Å². The lowest BCUT2D eigenvalue weighted by Crippen LogP contribution is -2.40. The van der Waals surface area contributed by atoms with Crippen LogP contribution in [0.3, 0.4) is 0 Å². The van der Waals surface area contributed by atoms with E-state index in [1.807, 2.05) is 0 Å². The Morgan fingerprint density at radius 3 is 2.00 bits per heavy atom. The van der Waals surface area contributed by atoms with Crippen molar-refractivity contribution in [2.75, 3.05) is 5.73 Å². The van der Waals surface area contributed by atoms with Crippen molar-refractivity contribution < 1.29 is 0 Å². The summed E-state index contributed by atoms with van der Waals surface area (Å²) >= 11 is 0. The van der Waals surface area contributed by atoms with Gasteiger partial charge in [0.05, 0.1) is 12.1 Å². The SMILES string of the molecule is CC(C)[N+](=c1nc(N)ss1)C(C)C. The minimum atomic E-state index is 0.470. The molecule has 13 heavy (non-hydrogen) atoms. The third-order valence-corrected chi connectivity index (χ3v) is 3.75. The second kappa shape index (κ2) is 4.19. The number of aromatic nitrogens is 1. The van der Waals surface area contributed by atoms with Crippen LogP contribution in [0.4, 0.5) is 5.13 Å². The van der Waals surface area contributed by atoms with Crippen LogP contribution in [0.1, 0.15) is 27.7 Å². The molecule has 2 N–H and O–H groups in total. The summed E-state index contributed by atoms with van der Waals surface area (Å²) in [5.41, 5.74) is 5.61. The van der Waals surface area contributed by atoms with Gasteiger partial charge in [0, 0.05) is 15.3 Å². The summed E-state index contributed by atoms with van der Waals surface area (Å²) in [5.74, 6) is 0. The molecule has 0 amide bonds. The van der Waals surface area contributed by atoms with E-state index in [1.54, 1.807) is 10.3 Å². The van der Waals surface area contributed by atoms with E-state index in [0.29, 0.717) is 17.2 Å². The molecular formula is C8H16N3S2+. The average molecular weight is 218 g/mol. The molecule has 0 atom stereocenters. The lowest BCUT2D eigenvalue weighted by atomic mass is 10.3. The Hall–Kier alpha value is -0.420. The molecule has 0 saturated carbocycles. The van der Waals surface area contributed by atoms with Crippen molar-refractivity contribution in [1.82, 2.24) is 9.56 Å². The molecule has 74 valence electrons. The van der Waals surface area contributed by atoms with Crippen molar-refractivity contribution >= 4 is 25.8 Å². The first-order valence-corrected chi connectivity index (χ1v) is 6.51. The van der Waals surface area contributed by atoms with Crippen molar-refractivity contribution in [1.29, 1.82) is 0 Å². The first kappa shape index (κ1) is 10.7. The molecule has 0 aliphatic heterocycles. The molecule has 0 bridgehead atoms. The van der Waals surface area contributed by atoms with Crippen LogP contribution >= 0.6 is 20.7 Å².